The highest BCUT2D eigenvalue weighted by atomic mass is 35.5. The average Bonchev–Trinajstić information content (AvgIpc) is 2.58. The summed E-state index contributed by atoms with van der Waals surface area (Å²) >= 11 is 5.82. The predicted octanol–water partition coefficient (Wildman–Crippen LogP) is 1.42. The largest absolute Gasteiger partial charge is 0.350 e. The van der Waals surface area contributed by atoms with E-state index in [1.54, 1.807) is 24.3 Å². The third kappa shape index (κ3) is 1.61. The molecular weight excluding hydrogens is 230 g/mol. The molecule has 0 saturated carbocycles. The minimum absolute atomic E-state index is 0.0509. The Kier molecular flexibility index (Phi) is 2.54. The Morgan fingerprint density at radius 3 is 2.44 bits per heavy atom. The van der Waals surface area contributed by atoms with Crippen molar-refractivity contribution in [2.45, 2.75) is 0 Å². The minimum atomic E-state index is -0.894. The summed E-state index contributed by atoms with van der Waals surface area (Å²) in [6.45, 7) is 0. The molecule has 0 unspecified atom stereocenters. The predicted molar refractivity (Wildman–Crippen MR) is 60.5 cm³/mol. The van der Waals surface area contributed by atoms with Crippen molar-refractivity contribution in [1.82, 2.24) is 9.78 Å². The zero-order chi connectivity index (χ0) is 11.7. The maximum absolute atomic E-state index is 11.5. The molecule has 0 aliphatic carbocycles. The molecular formula is C10H8ClN3O2. The van der Waals surface area contributed by atoms with Crippen molar-refractivity contribution in [3.05, 3.63) is 45.7 Å². The van der Waals surface area contributed by atoms with Gasteiger partial charge in [-0.15, -0.1) is 0 Å². The summed E-state index contributed by atoms with van der Waals surface area (Å²) in [6.07, 6.45) is 0. The van der Waals surface area contributed by atoms with Gasteiger partial charge in [0.05, 0.1) is 5.69 Å². The fourth-order valence-electron chi connectivity index (χ4n) is 1.37. The summed E-state index contributed by atoms with van der Waals surface area (Å²) in [5.41, 5.74) is 5.46. The van der Waals surface area contributed by atoms with E-state index in [-0.39, 0.29) is 5.02 Å². The van der Waals surface area contributed by atoms with E-state index in [1.807, 2.05) is 6.07 Å². The first-order chi connectivity index (χ1) is 7.61. The molecule has 6 heteroatoms. The summed E-state index contributed by atoms with van der Waals surface area (Å²) < 4.78 is 0.671. The van der Waals surface area contributed by atoms with Crippen molar-refractivity contribution in [1.29, 1.82) is 0 Å². The molecule has 0 fully saturated rings. The molecule has 0 radical (unpaired) electrons. The van der Waals surface area contributed by atoms with Gasteiger partial charge in [0.2, 0.25) is 0 Å². The van der Waals surface area contributed by atoms with Crippen molar-refractivity contribution in [2.75, 3.05) is 0 Å². The molecule has 82 valence electrons. The standard InChI is InChI=1S/C10H8ClN3O2/c11-7-8(6-4-2-1-3-5-6)13-14(9(7)15)10(12)16/h1-5,13H,(H2,12,16). The Bertz CT molecular complexity index is 586. The van der Waals surface area contributed by atoms with Crippen LogP contribution in [0.2, 0.25) is 5.02 Å². The van der Waals surface area contributed by atoms with Gasteiger partial charge >= 0.3 is 6.03 Å². The summed E-state index contributed by atoms with van der Waals surface area (Å²) in [6, 6.07) is 8.07. The number of carbonyl (C=O) groups excluding carboxylic acids is 1. The SMILES string of the molecule is NC(=O)n1[nH]c(-c2ccccc2)c(Cl)c1=O. The second-order valence-electron chi connectivity index (χ2n) is 3.15. The van der Waals surface area contributed by atoms with Crippen LogP contribution in [0.25, 0.3) is 11.3 Å². The molecule has 0 saturated heterocycles. The van der Waals surface area contributed by atoms with Crippen LogP contribution in [0.4, 0.5) is 4.79 Å². The Hall–Kier alpha value is -2.01. The minimum Gasteiger partial charge on any atom is -0.350 e. The van der Waals surface area contributed by atoms with Gasteiger partial charge in [0.15, 0.2) is 0 Å². The molecule has 1 aromatic carbocycles. The number of nitrogens with one attached hydrogen (secondary N) is 1. The number of nitrogens with zero attached hydrogens (tertiary/aromatic N) is 1. The Morgan fingerprint density at radius 1 is 1.31 bits per heavy atom. The molecule has 1 heterocycles. The lowest BCUT2D eigenvalue weighted by atomic mass is 10.2. The lowest BCUT2D eigenvalue weighted by Gasteiger charge is -1.97. The van der Waals surface area contributed by atoms with Crippen LogP contribution in [0.3, 0.4) is 0 Å². The van der Waals surface area contributed by atoms with E-state index in [9.17, 15) is 9.59 Å². The van der Waals surface area contributed by atoms with Crippen molar-refractivity contribution < 1.29 is 4.79 Å². The van der Waals surface area contributed by atoms with E-state index in [1.165, 1.54) is 0 Å². The number of halogens is 1. The van der Waals surface area contributed by atoms with Gasteiger partial charge in [-0.05, 0) is 0 Å². The normalized spacial score (nSPS) is 10.3. The van der Waals surface area contributed by atoms with Crippen molar-refractivity contribution in [2.24, 2.45) is 5.73 Å². The lowest BCUT2D eigenvalue weighted by molar-refractivity contribution is 0.247. The number of rotatable bonds is 1. The van der Waals surface area contributed by atoms with Gasteiger partial charge in [0.1, 0.15) is 5.02 Å². The van der Waals surface area contributed by atoms with Gasteiger partial charge in [0, 0.05) is 5.56 Å². The molecule has 0 aliphatic heterocycles. The highest BCUT2D eigenvalue weighted by Gasteiger charge is 2.15. The number of aromatic amines is 1. The number of nitrogens with two attached hydrogens (primary N) is 1. The van der Waals surface area contributed by atoms with Gasteiger partial charge in [-0.25, -0.2) is 4.79 Å². The van der Waals surface area contributed by atoms with Crippen LogP contribution >= 0.6 is 11.6 Å². The number of hydrogen-bond acceptors (Lipinski definition) is 2. The number of benzene rings is 1. The van der Waals surface area contributed by atoms with Crippen molar-refractivity contribution in [3.63, 3.8) is 0 Å². The van der Waals surface area contributed by atoms with Crippen LogP contribution < -0.4 is 11.3 Å². The third-order valence-electron chi connectivity index (χ3n) is 2.12. The number of amides is 1. The van der Waals surface area contributed by atoms with Gasteiger partial charge in [-0.1, -0.05) is 41.9 Å². The average molecular weight is 238 g/mol. The Morgan fingerprint density at radius 2 is 1.94 bits per heavy atom. The first-order valence-corrected chi connectivity index (χ1v) is 4.85. The molecule has 16 heavy (non-hydrogen) atoms. The summed E-state index contributed by atoms with van der Waals surface area (Å²) in [4.78, 5) is 22.4. The summed E-state index contributed by atoms with van der Waals surface area (Å²) in [5.74, 6) is 0. The summed E-state index contributed by atoms with van der Waals surface area (Å²) in [5, 5.41) is 2.51. The van der Waals surface area contributed by atoms with Crippen LogP contribution in [0, 0.1) is 0 Å². The first kappa shape index (κ1) is 10.5. The number of aromatic nitrogens is 2. The van der Waals surface area contributed by atoms with E-state index in [0.717, 1.165) is 0 Å². The Balaban J connectivity index is 2.64. The molecule has 0 spiro atoms. The molecule has 0 atom stereocenters. The highest BCUT2D eigenvalue weighted by Crippen LogP contribution is 2.22. The van der Waals surface area contributed by atoms with Gasteiger partial charge in [-0.2, -0.15) is 4.68 Å². The summed E-state index contributed by atoms with van der Waals surface area (Å²) in [7, 11) is 0. The fraction of sp³-hybridized carbons (Fsp3) is 0. The molecule has 2 rings (SSSR count). The lowest BCUT2D eigenvalue weighted by Crippen LogP contribution is -2.30. The number of carbonyl (C=O) groups is 1. The molecule has 0 bridgehead atoms. The molecule has 2 aromatic rings. The number of H-pyrrole nitrogens is 1. The van der Waals surface area contributed by atoms with Crippen LogP contribution in [-0.4, -0.2) is 15.8 Å². The van der Waals surface area contributed by atoms with Crippen LogP contribution in [-0.2, 0) is 0 Å². The second-order valence-corrected chi connectivity index (χ2v) is 3.52. The zero-order valence-electron chi connectivity index (χ0n) is 8.11. The van der Waals surface area contributed by atoms with E-state index in [2.05, 4.69) is 5.10 Å². The molecule has 3 N–H and O–H groups in total. The molecule has 5 nitrogen and oxygen atoms in total. The van der Waals surface area contributed by atoms with E-state index < -0.39 is 11.6 Å². The number of hydrogen-bond donors (Lipinski definition) is 2. The highest BCUT2D eigenvalue weighted by molar-refractivity contribution is 6.33. The van der Waals surface area contributed by atoms with E-state index in [4.69, 9.17) is 17.3 Å². The topological polar surface area (TPSA) is 80.9 Å². The van der Waals surface area contributed by atoms with Gasteiger partial charge < -0.3 is 5.73 Å². The van der Waals surface area contributed by atoms with Gasteiger partial charge in [0.25, 0.3) is 5.56 Å². The first-order valence-electron chi connectivity index (χ1n) is 4.47. The quantitative estimate of drug-likeness (QED) is 0.787. The second kappa shape index (κ2) is 3.86. The van der Waals surface area contributed by atoms with Crippen LogP contribution in [0.5, 0.6) is 0 Å². The number of primary amides is 1. The maximum atomic E-state index is 11.5. The van der Waals surface area contributed by atoms with E-state index >= 15 is 0 Å². The van der Waals surface area contributed by atoms with Crippen molar-refractivity contribution >= 4 is 17.6 Å². The van der Waals surface area contributed by atoms with Crippen LogP contribution in [0.1, 0.15) is 0 Å². The third-order valence-corrected chi connectivity index (χ3v) is 2.47. The molecule has 1 aromatic heterocycles. The molecule has 1 amide bonds. The van der Waals surface area contributed by atoms with Gasteiger partial charge in [-0.3, -0.25) is 9.89 Å². The smallest absolute Gasteiger partial charge is 0.341 e. The van der Waals surface area contributed by atoms with Crippen molar-refractivity contribution in [3.8, 4) is 11.3 Å². The van der Waals surface area contributed by atoms with E-state index in [0.29, 0.717) is 15.9 Å². The van der Waals surface area contributed by atoms with Crippen LogP contribution in [0.15, 0.2) is 35.1 Å². The molecule has 0 aliphatic rings. The Labute approximate surface area is 95.4 Å². The monoisotopic (exact) mass is 237 g/mol. The maximum Gasteiger partial charge on any atom is 0.341 e. The zero-order valence-corrected chi connectivity index (χ0v) is 8.86. The fourth-order valence-corrected chi connectivity index (χ4v) is 1.60.